The zero-order valence-corrected chi connectivity index (χ0v) is 18.1. The third-order valence-electron chi connectivity index (χ3n) is 5.30. The van der Waals surface area contributed by atoms with Gasteiger partial charge in [-0.3, -0.25) is 9.78 Å². The molecule has 0 aliphatic carbocycles. The van der Waals surface area contributed by atoms with Crippen molar-refractivity contribution in [3.05, 3.63) is 52.7 Å². The third kappa shape index (κ3) is 4.19. The molecule has 3 heterocycles. The van der Waals surface area contributed by atoms with Crippen molar-refractivity contribution in [1.82, 2.24) is 14.9 Å². The molecule has 156 valence electrons. The standard InChI is InChI=1S/C21H22N4O3S2/c1-12-5-6-13-3-2-4-14(19(13)23-12)18(22)16-7-8-17(26)25(16)9-10-29-21-24-15(11-30-21)20(27)28/h2-6,11,16,18H,7-10,22H2,1H3,(H,27,28)/t16-,18?/m1/s1. The molecule has 1 aliphatic rings. The van der Waals surface area contributed by atoms with Crippen molar-refractivity contribution in [2.24, 2.45) is 5.73 Å². The zero-order chi connectivity index (χ0) is 21.3. The summed E-state index contributed by atoms with van der Waals surface area (Å²) < 4.78 is 0.689. The third-order valence-corrected chi connectivity index (χ3v) is 7.30. The SMILES string of the molecule is Cc1ccc2cccc(C(N)[C@H]3CCC(=O)N3CCSc3nc(C(=O)O)cs3)c2n1. The molecule has 1 fully saturated rings. The number of fused-ring (bicyclic) bond motifs is 1. The predicted molar refractivity (Wildman–Crippen MR) is 118 cm³/mol. The number of carboxylic acid groups (broad SMARTS) is 1. The van der Waals surface area contributed by atoms with E-state index in [9.17, 15) is 9.59 Å². The lowest BCUT2D eigenvalue weighted by molar-refractivity contribution is -0.128. The molecule has 0 bridgehead atoms. The fraction of sp³-hybridized carbons (Fsp3) is 0.333. The highest BCUT2D eigenvalue weighted by molar-refractivity contribution is 8.01. The number of nitrogens with zero attached hydrogens (tertiary/aromatic N) is 3. The molecule has 0 radical (unpaired) electrons. The number of aromatic nitrogens is 2. The predicted octanol–water partition coefficient (Wildman–Crippen LogP) is 3.48. The van der Waals surface area contributed by atoms with E-state index in [1.807, 2.05) is 42.2 Å². The fourth-order valence-electron chi connectivity index (χ4n) is 3.82. The van der Waals surface area contributed by atoms with Crippen LogP contribution in [0.3, 0.4) is 0 Å². The first-order valence-corrected chi connectivity index (χ1v) is 11.5. The monoisotopic (exact) mass is 442 g/mol. The Kier molecular flexibility index (Phi) is 6.03. The lowest BCUT2D eigenvalue weighted by atomic mass is 9.95. The number of amides is 1. The summed E-state index contributed by atoms with van der Waals surface area (Å²) in [6.07, 6.45) is 1.20. The fourth-order valence-corrected chi connectivity index (χ4v) is 5.63. The van der Waals surface area contributed by atoms with Gasteiger partial charge in [0.05, 0.1) is 17.6 Å². The Balaban J connectivity index is 1.48. The Hall–Kier alpha value is -2.49. The minimum Gasteiger partial charge on any atom is -0.476 e. The Labute approximate surface area is 182 Å². The van der Waals surface area contributed by atoms with E-state index in [0.717, 1.165) is 22.2 Å². The molecule has 1 unspecified atom stereocenters. The molecule has 1 saturated heterocycles. The molecule has 4 rings (SSSR count). The summed E-state index contributed by atoms with van der Waals surface area (Å²) >= 11 is 2.76. The number of carbonyl (C=O) groups excluding carboxylic acids is 1. The van der Waals surface area contributed by atoms with Crippen molar-refractivity contribution < 1.29 is 14.7 Å². The van der Waals surface area contributed by atoms with Crippen molar-refractivity contribution in [1.29, 1.82) is 0 Å². The second-order valence-corrected chi connectivity index (χ2v) is 9.44. The van der Waals surface area contributed by atoms with Crippen LogP contribution in [0.2, 0.25) is 0 Å². The summed E-state index contributed by atoms with van der Waals surface area (Å²) in [5.41, 5.74) is 9.51. The first-order valence-electron chi connectivity index (χ1n) is 9.67. The molecule has 30 heavy (non-hydrogen) atoms. The minimum atomic E-state index is -1.03. The van der Waals surface area contributed by atoms with Gasteiger partial charge in [0, 0.05) is 35.2 Å². The van der Waals surface area contributed by atoms with Crippen molar-refractivity contribution in [2.75, 3.05) is 12.3 Å². The van der Waals surface area contributed by atoms with Crippen LogP contribution in [0.5, 0.6) is 0 Å². The highest BCUT2D eigenvalue weighted by Crippen LogP contribution is 2.32. The van der Waals surface area contributed by atoms with Gasteiger partial charge in [0.1, 0.15) is 0 Å². The average molecular weight is 443 g/mol. The van der Waals surface area contributed by atoms with Gasteiger partial charge in [0.15, 0.2) is 10.0 Å². The number of para-hydroxylation sites is 1. The van der Waals surface area contributed by atoms with Gasteiger partial charge in [-0.05, 0) is 25.0 Å². The number of carbonyl (C=O) groups is 2. The van der Waals surface area contributed by atoms with E-state index in [1.165, 1.54) is 28.5 Å². The van der Waals surface area contributed by atoms with Gasteiger partial charge in [0.2, 0.25) is 5.91 Å². The van der Waals surface area contributed by atoms with Gasteiger partial charge in [-0.25, -0.2) is 9.78 Å². The Morgan fingerprint density at radius 2 is 2.20 bits per heavy atom. The van der Waals surface area contributed by atoms with E-state index in [4.69, 9.17) is 10.8 Å². The average Bonchev–Trinajstić information content (AvgIpc) is 3.34. The summed E-state index contributed by atoms with van der Waals surface area (Å²) in [6, 6.07) is 9.61. The first-order chi connectivity index (χ1) is 14.4. The molecule has 3 N–H and O–H groups in total. The number of pyridine rings is 1. The maximum absolute atomic E-state index is 12.5. The van der Waals surface area contributed by atoms with Gasteiger partial charge in [-0.15, -0.1) is 11.3 Å². The molecule has 2 atom stereocenters. The molecular weight excluding hydrogens is 420 g/mol. The molecule has 1 aromatic carbocycles. The largest absolute Gasteiger partial charge is 0.476 e. The molecule has 3 aromatic rings. The highest BCUT2D eigenvalue weighted by Gasteiger charge is 2.36. The number of thioether (sulfide) groups is 1. The van der Waals surface area contributed by atoms with Crippen LogP contribution in [0.15, 0.2) is 40.1 Å². The second-order valence-electron chi connectivity index (χ2n) is 7.24. The molecule has 0 spiro atoms. The number of hydrogen-bond donors (Lipinski definition) is 2. The number of likely N-dealkylation sites (tertiary alicyclic amines) is 1. The zero-order valence-electron chi connectivity index (χ0n) is 16.4. The van der Waals surface area contributed by atoms with Crippen LogP contribution in [-0.2, 0) is 4.79 Å². The van der Waals surface area contributed by atoms with Crippen molar-refractivity contribution in [2.45, 2.75) is 36.2 Å². The van der Waals surface area contributed by atoms with Crippen LogP contribution in [0.4, 0.5) is 0 Å². The van der Waals surface area contributed by atoms with Gasteiger partial charge in [-0.1, -0.05) is 36.0 Å². The van der Waals surface area contributed by atoms with E-state index in [2.05, 4.69) is 9.97 Å². The van der Waals surface area contributed by atoms with Crippen LogP contribution >= 0.6 is 23.1 Å². The molecule has 0 saturated carbocycles. The normalized spacial score (nSPS) is 17.6. The van der Waals surface area contributed by atoms with Gasteiger partial charge in [-0.2, -0.15) is 0 Å². The molecule has 1 aliphatic heterocycles. The molecule has 9 heteroatoms. The summed E-state index contributed by atoms with van der Waals surface area (Å²) in [7, 11) is 0. The van der Waals surface area contributed by atoms with E-state index >= 15 is 0 Å². The van der Waals surface area contributed by atoms with Crippen LogP contribution < -0.4 is 5.73 Å². The van der Waals surface area contributed by atoms with E-state index in [-0.39, 0.29) is 23.7 Å². The number of thiazole rings is 1. The molecule has 7 nitrogen and oxygen atoms in total. The second kappa shape index (κ2) is 8.71. The number of aryl methyl sites for hydroxylation is 1. The van der Waals surface area contributed by atoms with E-state index in [0.29, 0.717) is 29.5 Å². The van der Waals surface area contributed by atoms with E-state index in [1.54, 1.807) is 0 Å². The summed E-state index contributed by atoms with van der Waals surface area (Å²) in [5.74, 6) is -0.294. The number of benzene rings is 1. The number of aromatic carboxylic acids is 1. The topological polar surface area (TPSA) is 109 Å². The van der Waals surface area contributed by atoms with Crippen molar-refractivity contribution in [3.63, 3.8) is 0 Å². The van der Waals surface area contributed by atoms with Gasteiger partial charge < -0.3 is 15.7 Å². The van der Waals surface area contributed by atoms with E-state index < -0.39 is 5.97 Å². The van der Waals surface area contributed by atoms with Crippen LogP contribution in [0, 0.1) is 6.92 Å². The van der Waals surface area contributed by atoms with Gasteiger partial charge in [0.25, 0.3) is 0 Å². The maximum atomic E-state index is 12.5. The number of nitrogens with two attached hydrogens (primary N) is 1. The Morgan fingerprint density at radius 3 is 2.97 bits per heavy atom. The lowest BCUT2D eigenvalue weighted by Gasteiger charge is -2.30. The lowest BCUT2D eigenvalue weighted by Crippen LogP contribution is -2.41. The highest BCUT2D eigenvalue weighted by atomic mass is 32.2. The Morgan fingerprint density at radius 1 is 1.37 bits per heavy atom. The van der Waals surface area contributed by atoms with Gasteiger partial charge >= 0.3 is 5.97 Å². The summed E-state index contributed by atoms with van der Waals surface area (Å²) in [5, 5.41) is 11.6. The minimum absolute atomic E-state index is 0.0541. The molecular formula is C21H22N4O3S2. The van der Waals surface area contributed by atoms with Crippen LogP contribution in [0.1, 0.15) is 40.6 Å². The Bertz CT molecular complexity index is 1100. The maximum Gasteiger partial charge on any atom is 0.355 e. The number of carboxylic acids is 1. The van der Waals surface area contributed by atoms with Crippen molar-refractivity contribution >= 4 is 45.9 Å². The number of rotatable bonds is 7. The molecule has 1 amide bonds. The summed E-state index contributed by atoms with van der Waals surface area (Å²) in [4.78, 5) is 34.1. The summed E-state index contributed by atoms with van der Waals surface area (Å²) in [6.45, 7) is 2.50. The molecule has 2 aromatic heterocycles. The smallest absolute Gasteiger partial charge is 0.355 e. The quantitative estimate of drug-likeness (QED) is 0.539. The van der Waals surface area contributed by atoms with Crippen molar-refractivity contribution in [3.8, 4) is 0 Å². The first kappa shape index (κ1) is 20.8. The number of hydrogen-bond acceptors (Lipinski definition) is 7. The van der Waals surface area contributed by atoms with Crippen LogP contribution in [-0.4, -0.2) is 50.2 Å². The van der Waals surface area contributed by atoms with Crippen LogP contribution in [0.25, 0.3) is 10.9 Å².